The molecule has 0 amide bonds. The van der Waals surface area contributed by atoms with Gasteiger partial charge in [0.1, 0.15) is 12.4 Å². The van der Waals surface area contributed by atoms with Crippen LogP contribution in [0.5, 0.6) is 11.5 Å². The van der Waals surface area contributed by atoms with E-state index in [0.717, 1.165) is 12.0 Å². The first-order valence-corrected chi connectivity index (χ1v) is 9.45. The van der Waals surface area contributed by atoms with Crippen LogP contribution < -0.4 is 14.8 Å². The van der Waals surface area contributed by atoms with Crippen molar-refractivity contribution in [1.29, 1.82) is 0 Å². The molecule has 0 spiro atoms. The zero-order chi connectivity index (χ0) is 19.1. The van der Waals surface area contributed by atoms with Gasteiger partial charge in [-0.1, -0.05) is 36.2 Å². The van der Waals surface area contributed by atoms with E-state index in [0.29, 0.717) is 46.3 Å². The van der Waals surface area contributed by atoms with E-state index in [4.69, 9.17) is 32.7 Å². The molecule has 0 bridgehead atoms. The molecule has 0 aromatic heterocycles. The van der Waals surface area contributed by atoms with E-state index >= 15 is 0 Å². The molecule has 0 saturated heterocycles. The Morgan fingerprint density at radius 3 is 2.50 bits per heavy atom. The topological polar surface area (TPSA) is 30.5 Å². The second-order valence-corrected chi connectivity index (χ2v) is 6.87. The number of rotatable bonds is 9. The third kappa shape index (κ3) is 5.76. The van der Waals surface area contributed by atoms with Gasteiger partial charge in [0.2, 0.25) is 0 Å². The Labute approximate surface area is 164 Å². The highest BCUT2D eigenvalue weighted by molar-refractivity contribution is 6.32. The van der Waals surface area contributed by atoms with Crippen LogP contribution in [0, 0.1) is 5.82 Å². The van der Waals surface area contributed by atoms with Gasteiger partial charge in [-0.05, 0) is 50.1 Å². The molecule has 0 saturated carbocycles. The van der Waals surface area contributed by atoms with Crippen molar-refractivity contribution in [3.63, 3.8) is 0 Å². The first-order valence-electron chi connectivity index (χ1n) is 8.69. The van der Waals surface area contributed by atoms with Crippen molar-refractivity contribution >= 4 is 23.2 Å². The molecule has 0 fully saturated rings. The number of halogens is 3. The van der Waals surface area contributed by atoms with Gasteiger partial charge in [-0.2, -0.15) is 0 Å². The maximum atomic E-state index is 13.2. The molecule has 0 aliphatic rings. The van der Waals surface area contributed by atoms with Crippen LogP contribution in [0.25, 0.3) is 0 Å². The number of benzene rings is 2. The van der Waals surface area contributed by atoms with Crippen LogP contribution in [0.3, 0.4) is 0 Å². The molecule has 3 nitrogen and oxygen atoms in total. The lowest BCUT2D eigenvalue weighted by Crippen LogP contribution is -2.24. The zero-order valence-corrected chi connectivity index (χ0v) is 16.8. The Balaban J connectivity index is 2.18. The fourth-order valence-corrected chi connectivity index (χ4v) is 2.86. The van der Waals surface area contributed by atoms with Crippen LogP contribution in [-0.2, 0) is 13.2 Å². The molecule has 0 radical (unpaired) electrons. The molecule has 0 unspecified atom stereocenters. The summed E-state index contributed by atoms with van der Waals surface area (Å²) in [5.74, 6) is 0.658. The van der Waals surface area contributed by atoms with Crippen LogP contribution in [0.1, 0.15) is 38.3 Å². The van der Waals surface area contributed by atoms with Crippen LogP contribution in [-0.4, -0.2) is 12.6 Å². The maximum Gasteiger partial charge on any atom is 0.180 e. The second kappa shape index (κ2) is 10.0. The van der Waals surface area contributed by atoms with Crippen molar-refractivity contribution < 1.29 is 13.9 Å². The molecule has 26 heavy (non-hydrogen) atoms. The van der Waals surface area contributed by atoms with Crippen molar-refractivity contribution in [2.24, 2.45) is 0 Å². The molecule has 0 heterocycles. The van der Waals surface area contributed by atoms with Crippen LogP contribution in [0.15, 0.2) is 30.3 Å². The highest BCUT2D eigenvalue weighted by Crippen LogP contribution is 2.37. The van der Waals surface area contributed by atoms with E-state index in [1.807, 2.05) is 19.1 Å². The zero-order valence-electron chi connectivity index (χ0n) is 15.2. The smallest absolute Gasteiger partial charge is 0.180 e. The molecule has 1 N–H and O–H groups in total. The Hall–Kier alpha value is -1.49. The quantitative estimate of drug-likeness (QED) is 0.560. The normalized spacial score (nSPS) is 12.1. The molecule has 142 valence electrons. The fourth-order valence-electron chi connectivity index (χ4n) is 2.35. The first-order chi connectivity index (χ1) is 12.4. The Morgan fingerprint density at radius 1 is 1.08 bits per heavy atom. The standard InChI is InChI=1S/C20H24Cl2FNO2/c1-4-13(3)24-11-14-8-18(22)20(19(9-14)25-5-2)26-12-15-6-7-16(23)10-17(15)21/h6-10,13,24H,4-5,11-12H2,1-3H3/t13-/m0/s1. The summed E-state index contributed by atoms with van der Waals surface area (Å²) in [6.45, 7) is 7.52. The highest BCUT2D eigenvalue weighted by Gasteiger charge is 2.14. The summed E-state index contributed by atoms with van der Waals surface area (Å²) in [5.41, 5.74) is 1.69. The summed E-state index contributed by atoms with van der Waals surface area (Å²) >= 11 is 12.5. The summed E-state index contributed by atoms with van der Waals surface area (Å²) in [6.07, 6.45) is 1.05. The summed E-state index contributed by atoms with van der Waals surface area (Å²) in [6, 6.07) is 8.40. The van der Waals surface area contributed by atoms with Gasteiger partial charge in [-0.15, -0.1) is 0 Å². The van der Waals surface area contributed by atoms with Crippen LogP contribution in [0.2, 0.25) is 10.0 Å². The minimum absolute atomic E-state index is 0.170. The van der Waals surface area contributed by atoms with E-state index in [-0.39, 0.29) is 12.4 Å². The lowest BCUT2D eigenvalue weighted by atomic mass is 10.1. The summed E-state index contributed by atoms with van der Waals surface area (Å²) in [4.78, 5) is 0. The van der Waals surface area contributed by atoms with E-state index in [1.54, 1.807) is 6.07 Å². The molecular weight excluding hydrogens is 376 g/mol. The van der Waals surface area contributed by atoms with E-state index < -0.39 is 0 Å². The largest absolute Gasteiger partial charge is 0.490 e. The van der Waals surface area contributed by atoms with E-state index in [9.17, 15) is 4.39 Å². The van der Waals surface area contributed by atoms with Gasteiger partial charge in [0, 0.05) is 18.2 Å². The Morgan fingerprint density at radius 2 is 1.85 bits per heavy atom. The Bertz CT molecular complexity index is 740. The van der Waals surface area contributed by atoms with Crippen molar-refractivity contribution in [2.75, 3.05) is 6.61 Å². The molecule has 0 aliphatic heterocycles. The molecule has 0 aliphatic carbocycles. The van der Waals surface area contributed by atoms with Crippen molar-refractivity contribution in [1.82, 2.24) is 5.32 Å². The molecule has 6 heteroatoms. The third-order valence-corrected chi connectivity index (χ3v) is 4.66. The minimum Gasteiger partial charge on any atom is -0.490 e. The van der Waals surface area contributed by atoms with Crippen LogP contribution >= 0.6 is 23.2 Å². The van der Waals surface area contributed by atoms with Gasteiger partial charge in [-0.25, -0.2) is 4.39 Å². The SMILES string of the molecule is CCOc1cc(CN[C@@H](C)CC)cc(Cl)c1OCc1ccc(F)cc1Cl. The van der Waals surface area contributed by atoms with Crippen molar-refractivity contribution in [2.45, 2.75) is 46.4 Å². The second-order valence-electron chi connectivity index (χ2n) is 6.05. The molecule has 2 aromatic carbocycles. The lowest BCUT2D eigenvalue weighted by molar-refractivity contribution is 0.269. The number of hydrogen-bond acceptors (Lipinski definition) is 3. The van der Waals surface area contributed by atoms with Gasteiger partial charge in [0.15, 0.2) is 11.5 Å². The summed E-state index contributed by atoms with van der Waals surface area (Å²) in [7, 11) is 0. The molecule has 2 rings (SSSR count). The maximum absolute atomic E-state index is 13.2. The average molecular weight is 400 g/mol. The monoisotopic (exact) mass is 399 g/mol. The Kier molecular flexibility index (Phi) is 8.01. The number of nitrogens with one attached hydrogen (secondary N) is 1. The number of hydrogen-bond donors (Lipinski definition) is 1. The van der Waals surface area contributed by atoms with Gasteiger partial charge in [0.25, 0.3) is 0 Å². The van der Waals surface area contributed by atoms with E-state index in [2.05, 4.69) is 19.2 Å². The molecule has 2 aromatic rings. The van der Waals surface area contributed by atoms with Crippen molar-refractivity contribution in [3.05, 3.63) is 57.3 Å². The third-order valence-electron chi connectivity index (χ3n) is 4.02. The highest BCUT2D eigenvalue weighted by atomic mass is 35.5. The average Bonchev–Trinajstić information content (AvgIpc) is 2.60. The number of ether oxygens (including phenoxy) is 2. The van der Waals surface area contributed by atoms with Gasteiger partial charge in [-0.3, -0.25) is 0 Å². The van der Waals surface area contributed by atoms with Crippen molar-refractivity contribution in [3.8, 4) is 11.5 Å². The fraction of sp³-hybridized carbons (Fsp3) is 0.400. The summed E-state index contributed by atoms with van der Waals surface area (Å²) in [5, 5.41) is 4.21. The lowest BCUT2D eigenvalue weighted by Gasteiger charge is -2.17. The molecular formula is C20H24Cl2FNO2. The summed E-state index contributed by atoms with van der Waals surface area (Å²) < 4.78 is 24.7. The minimum atomic E-state index is -0.384. The predicted molar refractivity (Wildman–Crippen MR) is 105 cm³/mol. The van der Waals surface area contributed by atoms with Gasteiger partial charge < -0.3 is 14.8 Å². The van der Waals surface area contributed by atoms with E-state index in [1.165, 1.54) is 12.1 Å². The molecule has 1 atom stereocenters. The van der Waals surface area contributed by atoms with Crippen LogP contribution in [0.4, 0.5) is 4.39 Å². The predicted octanol–water partition coefficient (Wildman–Crippen LogP) is 6.00. The van der Waals surface area contributed by atoms with Gasteiger partial charge in [0.05, 0.1) is 16.7 Å². The first kappa shape index (κ1) is 20.8. The van der Waals surface area contributed by atoms with Gasteiger partial charge >= 0.3 is 0 Å².